The van der Waals surface area contributed by atoms with Gasteiger partial charge in [-0.05, 0) is 56.0 Å². The summed E-state index contributed by atoms with van der Waals surface area (Å²) in [4.78, 5) is 12.5. The molecule has 0 aliphatic rings. The Morgan fingerprint density at radius 2 is 1.71 bits per heavy atom. The van der Waals surface area contributed by atoms with Gasteiger partial charge in [-0.15, -0.1) is 0 Å². The number of halogens is 1. The third-order valence-corrected chi connectivity index (χ3v) is 6.02. The normalized spacial score (nSPS) is 12.8. The summed E-state index contributed by atoms with van der Waals surface area (Å²) in [7, 11) is -3.69. The van der Waals surface area contributed by atoms with Crippen LogP contribution in [0.1, 0.15) is 40.8 Å². The van der Waals surface area contributed by atoms with E-state index < -0.39 is 21.7 Å². The van der Waals surface area contributed by atoms with Crippen LogP contribution in [-0.2, 0) is 21.4 Å². The van der Waals surface area contributed by atoms with Crippen LogP contribution in [0.5, 0.6) is 0 Å². The fourth-order valence-electron chi connectivity index (χ4n) is 3.08. The van der Waals surface area contributed by atoms with Crippen molar-refractivity contribution in [1.29, 1.82) is 0 Å². The maximum absolute atomic E-state index is 13.9. The summed E-state index contributed by atoms with van der Waals surface area (Å²) in [6, 6.07) is 9.75. The Hall–Kier alpha value is -2.25. The molecule has 0 saturated carbocycles. The summed E-state index contributed by atoms with van der Waals surface area (Å²) in [6.45, 7) is 7.30. The van der Waals surface area contributed by atoms with Gasteiger partial charge >= 0.3 is 0 Å². The first-order valence-electron chi connectivity index (χ1n) is 9.04. The molecule has 152 valence electrons. The lowest BCUT2D eigenvalue weighted by molar-refractivity contribution is -0.122. The minimum absolute atomic E-state index is 0.198. The van der Waals surface area contributed by atoms with E-state index in [1.165, 1.54) is 23.8 Å². The maximum Gasteiger partial charge on any atom is 0.235 e. The number of nitrogens with one attached hydrogen (secondary N) is 1. The molecule has 28 heavy (non-hydrogen) atoms. The quantitative estimate of drug-likeness (QED) is 0.766. The number of amides is 1. The SMILES string of the molecule is Cc1cc(C)c(C(C)NC(=O)CN(Cc2ccccc2F)S(C)(=O)=O)cc1C. The van der Waals surface area contributed by atoms with Crippen molar-refractivity contribution in [2.24, 2.45) is 0 Å². The number of nitrogens with zero attached hydrogens (tertiary/aromatic N) is 1. The van der Waals surface area contributed by atoms with Gasteiger partial charge in [-0.25, -0.2) is 12.8 Å². The maximum atomic E-state index is 13.9. The summed E-state index contributed by atoms with van der Waals surface area (Å²) in [5.74, 6) is -0.942. The van der Waals surface area contributed by atoms with Crippen LogP contribution in [0, 0.1) is 26.6 Å². The number of rotatable bonds is 7. The Kier molecular flexibility index (Phi) is 6.96. The molecule has 1 N–H and O–H groups in total. The number of sulfonamides is 1. The van der Waals surface area contributed by atoms with Gasteiger partial charge in [0.1, 0.15) is 5.82 Å². The highest BCUT2D eigenvalue weighted by Gasteiger charge is 2.23. The van der Waals surface area contributed by atoms with Gasteiger partial charge in [0.25, 0.3) is 0 Å². The van der Waals surface area contributed by atoms with Crippen molar-refractivity contribution >= 4 is 15.9 Å². The standard InChI is InChI=1S/C21H27FN2O3S/c1-14-10-16(3)19(11-15(14)2)17(4)23-21(25)13-24(28(5,26)27)12-18-8-6-7-9-20(18)22/h6-11,17H,12-13H2,1-5H3,(H,23,25). The zero-order valence-corrected chi connectivity index (χ0v) is 17.7. The van der Waals surface area contributed by atoms with Gasteiger partial charge in [0.15, 0.2) is 0 Å². The van der Waals surface area contributed by atoms with Gasteiger partial charge in [-0.3, -0.25) is 4.79 Å². The highest BCUT2D eigenvalue weighted by Crippen LogP contribution is 2.21. The van der Waals surface area contributed by atoms with Crippen LogP contribution in [0.4, 0.5) is 4.39 Å². The van der Waals surface area contributed by atoms with Crippen molar-refractivity contribution in [2.75, 3.05) is 12.8 Å². The van der Waals surface area contributed by atoms with Crippen molar-refractivity contribution in [1.82, 2.24) is 9.62 Å². The molecular formula is C21H27FN2O3S. The van der Waals surface area contributed by atoms with E-state index in [1.807, 2.05) is 33.8 Å². The van der Waals surface area contributed by atoms with Crippen LogP contribution >= 0.6 is 0 Å². The first-order chi connectivity index (χ1) is 13.0. The lowest BCUT2D eigenvalue weighted by Gasteiger charge is -2.22. The van der Waals surface area contributed by atoms with Gasteiger partial charge in [0.05, 0.1) is 18.8 Å². The highest BCUT2D eigenvalue weighted by molar-refractivity contribution is 7.88. The molecule has 0 saturated heterocycles. The summed E-state index contributed by atoms with van der Waals surface area (Å²) >= 11 is 0. The molecule has 0 aliphatic carbocycles. The molecule has 0 fully saturated rings. The van der Waals surface area contributed by atoms with E-state index in [0.29, 0.717) is 0 Å². The van der Waals surface area contributed by atoms with Crippen LogP contribution in [0.15, 0.2) is 36.4 Å². The molecule has 0 aromatic heterocycles. The van der Waals surface area contributed by atoms with Gasteiger partial charge < -0.3 is 5.32 Å². The number of benzene rings is 2. The van der Waals surface area contributed by atoms with Crippen molar-refractivity contribution < 1.29 is 17.6 Å². The number of hydrogen-bond acceptors (Lipinski definition) is 3. The van der Waals surface area contributed by atoms with E-state index in [2.05, 4.69) is 11.4 Å². The van der Waals surface area contributed by atoms with Crippen molar-refractivity contribution in [3.05, 3.63) is 70.0 Å². The molecule has 0 radical (unpaired) electrons. The monoisotopic (exact) mass is 406 g/mol. The van der Waals surface area contributed by atoms with Crippen molar-refractivity contribution in [3.63, 3.8) is 0 Å². The summed E-state index contributed by atoms with van der Waals surface area (Å²) in [5.41, 5.74) is 4.56. The second kappa shape index (κ2) is 8.84. The van der Waals surface area contributed by atoms with E-state index in [9.17, 15) is 17.6 Å². The van der Waals surface area contributed by atoms with E-state index >= 15 is 0 Å². The average molecular weight is 407 g/mol. The Morgan fingerprint density at radius 1 is 1.11 bits per heavy atom. The number of hydrogen-bond donors (Lipinski definition) is 1. The second-order valence-electron chi connectivity index (χ2n) is 7.20. The third-order valence-electron chi connectivity index (χ3n) is 4.82. The van der Waals surface area contributed by atoms with Gasteiger partial charge in [0, 0.05) is 12.1 Å². The van der Waals surface area contributed by atoms with E-state index in [0.717, 1.165) is 27.3 Å². The molecule has 7 heteroatoms. The van der Waals surface area contributed by atoms with Gasteiger partial charge in [0.2, 0.25) is 15.9 Å². The third kappa shape index (κ3) is 5.62. The first kappa shape index (κ1) is 22.0. The lowest BCUT2D eigenvalue weighted by Crippen LogP contribution is -2.40. The highest BCUT2D eigenvalue weighted by atomic mass is 32.2. The van der Waals surface area contributed by atoms with Crippen LogP contribution in [0.3, 0.4) is 0 Å². The van der Waals surface area contributed by atoms with Gasteiger partial charge in [-0.2, -0.15) is 4.31 Å². The molecule has 0 bridgehead atoms. The average Bonchev–Trinajstić information content (AvgIpc) is 2.58. The van der Waals surface area contributed by atoms with E-state index in [-0.39, 0.29) is 24.7 Å². The Labute approximate surface area is 166 Å². The summed E-state index contributed by atoms with van der Waals surface area (Å²) in [5, 5.41) is 2.85. The minimum atomic E-state index is -3.69. The van der Waals surface area contributed by atoms with E-state index in [1.54, 1.807) is 6.07 Å². The molecule has 5 nitrogen and oxygen atoms in total. The van der Waals surface area contributed by atoms with Crippen molar-refractivity contribution in [2.45, 2.75) is 40.3 Å². The molecule has 2 rings (SSSR count). The van der Waals surface area contributed by atoms with Crippen LogP contribution in [0.2, 0.25) is 0 Å². The smallest absolute Gasteiger partial charge is 0.235 e. The Bertz CT molecular complexity index is 974. The molecular weight excluding hydrogens is 379 g/mol. The molecule has 0 spiro atoms. The summed E-state index contributed by atoms with van der Waals surface area (Å²) < 4.78 is 39.1. The van der Waals surface area contributed by atoms with E-state index in [4.69, 9.17) is 0 Å². The number of aryl methyl sites for hydroxylation is 3. The largest absolute Gasteiger partial charge is 0.348 e. The Balaban J connectivity index is 2.14. The van der Waals surface area contributed by atoms with Crippen LogP contribution in [0.25, 0.3) is 0 Å². The fourth-order valence-corrected chi connectivity index (χ4v) is 3.81. The molecule has 0 heterocycles. The number of carbonyl (C=O) groups excluding carboxylic acids is 1. The predicted octanol–water partition coefficient (Wildman–Crippen LogP) is 3.39. The zero-order chi connectivity index (χ0) is 21.1. The van der Waals surface area contributed by atoms with Crippen LogP contribution in [-0.4, -0.2) is 31.4 Å². The first-order valence-corrected chi connectivity index (χ1v) is 10.9. The summed E-state index contributed by atoms with van der Waals surface area (Å²) in [6.07, 6.45) is 1.01. The fraction of sp³-hybridized carbons (Fsp3) is 0.381. The lowest BCUT2D eigenvalue weighted by atomic mass is 9.96. The van der Waals surface area contributed by atoms with Crippen LogP contribution < -0.4 is 5.32 Å². The second-order valence-corrected chi connectivity index (χ2v) is 9.19. The van der Waals surface area contributed by atoms with Gasteiger partial charge in [-0.1, -0.05) is 30.3 Å². The minimum Gasteiger partial charge on any atom is -0.348 e. The predicted molar refractivity (Wildman–Crippen MR) is 109 cm³/mol. The topological polar surface area (TPSA) is 66.5 Å². The number of carbonyl (C=O) groups is 1. The Morgan fingerprint density at radius 3 is 2.32 bits per heavy atom. The molecule has 2 aromatic rings. The molecule has 1 amide bonds. The molecule has 1 atom stereocenters. The zero-order valence-electron chi connectivity index (χ0n) is 16.9. The molecule has 0 aliphatic heterocycles. The van der Waals surface area contributed by atoms with Crippen molar-refractivity contribution in [3.8, 4) is 0 Å². The molecule has 2 aromatic carbocycles. The molecule has 1 unspecified atom stereocenters.